The number of amides is 2. The Kier molecular flexibility index (Phi) is 6.44. The fourth-order valence-corrected chi connectivity index (χ4v) is 2.95. The van der Waals surface area contributed by atoms with Crippen LogP contribution in [0.5, 0.6) is 5.75 Å². The summed E-state index contributed by atoms with van der Waals surface area (Å²) in [5.41, 5.74) is 1.63. The molecule has 1 heterocycles. The Hall–Kier alpha value is -2.86. The summed E-state index contributed by atoms with van der Waals surface area (Å²) in [4.78, 5) is 24.7. The van der Waals surface area contributed by atoms with Crippen LogP contribution in [0.2, 0.25) is 0 Å². The van der Waals surface area contributed by atoms with Gasteiger partial charge in [0, 0.05) is 24.4 Å². The number of anilines is 1. The van der Waals surface area contributed by atoms with E-state index in [1.165, 1.54) is 0 Å². The lowest BCUT2D eigenvalue weighted by atomic mass is 10.1. The summed E-state index contributed by atoms with van der Waals surface area (Å²) in [5, 5.41) is 5.71. The molecule has 2 amide bonds. The van der Waals surface area contributed by atoms with E-state index in [-0.39, 0.29) is 17.9 Å². The van der Waals surface area contributed by atoms with Crippen molar-refractivity contribution in [2.75, 3.05) is 25.1 Å². The van der Waals surface area contributed by atoms with E-state index in [4.69, 9.17) is 9.47 Å². The molecule has 1 saturated heterocycles. The number of ether oxygens (including phenoxy) is 2. The fourth-order valence-electron chi connectivity index (χ4n) is 2.95. The lowest BCUT2D eigenvalue weighted by Gasteiger charge is -2.12. The monoisotopic (exact) mass is 368 g/mol. The number of para-hydroxylation sites is 1. The minimum Gasteiger partial charge on any atom is -0.493 e. The molecule has 27 heavy (non-hydrogen) atoms. The molecular weight excluding hydrogens is 344 g/mol. The van der Waals surface area contributed by atoms with Crippen LogP contribution < -0.4 is 15.4 Å². The average molecular weight is 368 g/mol. The molecule has 142 valence electrons. The van der Waals surface area contributed by atoms with Gasteiger partial charge in [-0.25, -0.2) is 0 Å². The summed E-state index contributed by atoms with van der Waals surface area (Å²) in [7, 11) is 0. The van der Waals surface area contributed by atoms with Crippen molar-refractivity contribution >= 4 is 17.5 Å². The van der Waals surface area contributed by atoms with E-state index in [9.17, 15) is 9.59 Å². The second-order valence-corrected chi connectivity index (χ2v) is 6.31. The molecule has 1 aliphatic rings. The molecule has 6 nitrogen and oxygen atoms in total. The van der Waals surface area contributed by atoms with E-state index in [1.54, 1.807) is 42.5 Å². The highest BCUT2D eigenvalue weighted by molar-refractivity contribution is 6.06. The predicted octanol–water partition coefficient (Wildman–Crippen LogP) is 3.25. The first-order valence-corrected chi connectivity index (χ1v) is 9.20. The number of hydrogen-bond acceptors (Lipinski definition) is 4. The van der Waals surface area contributed by atoms with Gasteiger partial charge in [0.1, 0.15) is 5.75 Å². The van der Waals surface area contributed by atoms with Crippen molar-refractivity contribution in [3.05, 3.63) is 59.7 Å². The van der Waals surface area contributed by atoms with E-state index < -0.39 is 0 Å². The smallest absolute Gasteiger partial charge is 0.259 e. The van der Waals surface area contributed by atoms with E-state index in [0.29, 0.717) is 35.7 Å². The Morgan fingerprint density at radius 2 is 1.89 bits per heavy atom. The van der Waals surface area contributed by atoms with E-state index in [2.05, 4.69) is 10.6 Å². The third-order valence-corrected chi connectivity index (χ3v) is 4.35. The standard InChI is InChI=1S/C21H24N2O4/c1-2-26-19-8-4-3-7-18(19)21(25)23-16-11-9-15(10-12-16)20(24)22-14-17-6-5-13-27-17/h3-4,7-12,17H,2,5-6,13-14H2,1H3,(H,22,24)(H,23,25). The molecule has 6 heteroatoms. The Balaban J connectivity index is 1.58. The highest BCUT2D eigenvalue weighted by Gasteiger charge is 2.17. The Morgan fingerprint density at radius 3 is 2.59 bits per heavy atom. The zero-order valence-corrected chi connectivity index (χ0v) is 15.4. The summed E-state index contributed by atoms with van der Waals surface area (Å²) in [6.45, 7) is 3.64. The van der Waals surface area contributed by atoms with Crippen LogP contribution in [0, 0.1) is 0 Å². The zero-order chi connectivity index (χ0) is 19.1. The number of nitrogens with one attached hydrogen (secondary N) is 2. The first-order chi connectivity index (χ1) is 13.2. The van der Waals surface area contributed by atoms with Crippen molar-refractivity contribution in [3.63, 3.8) is 0 Å². The Labute approximate surface area is 158 Å². The second kappa shape index (κ2) is 9.19. The molecule has 3 rings (SSSR count). The van der Waals surface area contributed by atoms with Crippen molar-refractivity contribution in [3.8, 4) is 5.75 Å². The van der Waals surface area contributed by atoms with Crippen LogP contribution in [-0.2, 0) is 4.74 Å². The number of benzene rings is 2. The summed E-state index contributed by atoms with van der Waals surface area (Å²) >= 11 is 0. The summed E-state index contributed by atoms with van der Waals surface area (Å²) in [5.74, 6) is 0.141. The molecule has 1 aliphatic heterocycles. The fraction of sp³-hybridized carbons (Fsp3) is 0.333. The molecule has 0 bridgehead atoms. The Bertz CT molecular complexity index is 783. The van der Waals surface area contributed by atoms with E-state index in [0.717, 1.165) is 19.4 Å². The quantitative estimate of drug-likeness (QED) is 0.787. The van der Waals surface area contributed by atoms with Crippen molar-refractivity contribution in [2.24, 2.45) is 0 Å². The van der Waals surface area contributed by atoms with Crippen LogP contribution in [0.1, 0.15) is 40.5 Å². The van der Waals surface area contributed by atoms with E-state index >= 15 is 0 Å². The lowest BCUT2D eigenvalue weighted by molar-refractivity contribution is 0.0857. The Morgan fingerprint density at radius 1 is 1.11 bits per heavy atom. The highest BCUT2D eigenvalue weighted by atomic mass is 16.5. The maximum Gasteiger partial charge on any atom is 0.259 e. The molecule has 1 unspecified atom stereocenters. The molecule has 0 aromatic heterocycles. The lowest BCUT2D eigenvalue weighted by Crippen LogP contribution is -2.31. The summed E-state index contributed by atoms with van der Waals surface area (Å²) in [6, 6.07) is 13.9. The molecule has 2 aromatic rings. The molecule has 2 aromatic carbocycles. The topological polar surface area (TPSA) is 76.7 Å². The number of rotatable bonds is 7. The second-order valence-electron chi connectivity index (χ2n) is 6.31. The van der Waals surface area contributed by atoms with Gasteiger partial charge in [0.25, 0.3) is 11.8 Å². The molecular formula is C21H24N2O4. The van der Waals surface area contributed by atoms with Crippen molar-refractivity contribution in [1.82, 2.24) is 5.32 Å². The maximum absolute atomic E-state index is 12.5. The largest absolute Gasteiger partial charge is 0.493 e. The van der Waals surface area contributed by atoms with Gasteiger partial charge in [-0.3, -0.25) is 9.59 Å². The van der Waals surface area contributed by atoms with E-state index in [1.807, 2.05) is 13.0 Å². The van der Waals surface area contributed by atoms with Crippen LogP contribution in [0.3, 0.4) is 0 Å². The average Bonchev–Trinajstić information content (AvgIpc) is 3.21. The van der Waals surface area contributed by atoms with Gasteiger partial charge in [-0.1, -0.05) is 12.1 Å². The molecule has 2 N–H and O–H groups in total. The third-order valence-electron chi connectivity index (χ3n) is 4.35. The minimum atomic E-state index is -0.255. The van der Waals surface area contributed by atoms with Gasteiger partial charge >= 0.3 is 0 Å². The van der Waals surface area contributed by atoms with Crippen LogP contribution in [0.15, 0.2) is 48.5 Å². The SMILES string of the molecule is CCOc1ccccc1C(=O)Nc1ccc(C(=O)NCC2CCCO2)cc1. The normalized spacial score (nSPS) is 16.0. The van der Waals surface area contributed by atoms with Gasteiger partial charge in [0.15, 0.2) is 0 Å². The summed E-state index contributed by atoms with van der Waals surface area (Å²) in [6.07, 6.45) is 2.13. The van der Waals surface area contributed by atoms with Gasteiger partial charge in [-0.05, 0) is 56.2 Å². The van der Waals surface area contributed by atoms with Crippen LogP contribution in [-0.4, -0.2) is 37.7 Å². The van der Waals surface area contributed by atoms with Crippen LogP contribution in [0.25, 0.3) is 0 Å². The van der Waals surface area contributed by atoms with Gasteiger partial charge in [-0.2, -0.15) is 0 Å². The minimum absolute atomic E-state index is 0.109. The summed E-state index contributed by atoms with van der Waals surface area (Å²) < 4.78 is 11.0. The van der Waals surface area contributed by atoms with Gasteiger partial charge in [-0.15, -0.1) is 0 Å². The number of carbonyl (C=O) groups excluding carboxylic acids is 2. The first-order valence-electron chi connectivity index (χ1n) is 9.20. The molecule has 0 radical (unpaired) electrons. The molecule has 1 atom stereocenters. The van der Waals surface area contributed by atoms with Crippen LogP contribution in [0.4, 0.5) is 5.69 Å². The maximum atomic E-state index is 12.5. The van der Waals surface area contributed by atoms with Crippen molar-refractivity contribution in [1.29, 1.82) is 0 Å². The van der Waals surface area contributed by atoms with Crippen molar-refractivity contribution in [2.45, 2.75) is 25.9 Å². The number of hydrogen-bond donors (Lipinski definition) is 2. The molecule has 1 fully saturated rings. The zero-order valence-electron chi connectivity index (χ0n) is 15.4. The highest BCUT2D eigenvalue weighted by Crippen LogP contribution is 2.20. The van der Waals surface area contributed by atoms with Crippen LogP contribution >= 0.6 is 0 Å². The predicted molar refractivity (Wildman–Crippen MR) is 103 cm³/mol. The van der Waals surface area contributed by atoms with Crippen molar-refractivity contribution < 1.29 is 19.1 Å². The molecule has 0 saturated carbocycles. The van der Waals surface area contributed by atoms with Gasteiger partial charge < -0.3 is 20.1 Å². The van der Waals surface area contributed by atoms with Gasteiger partial charge in [0.2, 0.25) is 0 Å². The first kappa shape index (κ1) is 18.9. The third kappa shape index (κ3) is 5.08. The molecule has 0 aliphatic carbocycles. The molecule has 0 spiro atoms. The number of carbonyl (C=O) groups is 2. The van der Waals surface area contributed by atoms with Gasteiger partial charge in [0.05, 0.1) is 18.3 Å².